The number of aromatic carboxylic acids is 1. The number of aryl methyl sites for hydroxylation is 1. The van der Waals surface area contributed by atoms with Crippen LogP contribution in [0.25, 0.3) is 0 Å². The van der Waals surface area contributed by atoms with Crippen LogP contribution in [0.15, 0.2) is 6.20 Å². The number of hydrogen-bond donors (Lipinski definition) is 3. The van der Waals surface area contributed by atoms with Gasteiger partial charge in [-0.3, -0.25) is 0 Å². The van der Waals surface area contributed by atoms with E-state index < -0.39 is 12.1 Å². The fraction of sp³-hybridized carbons (Fsp3) is 0.583. The predicted molar refractivity (Wildman–Crippen MR) is 67.7 cm³/mol. The third-order valence-corrected chi connectivity index (χ3v) is 2.45. The molecule has 1 unspecified atom stereocenters. The number of rotatable bonds is 6. The molecule has 3 N–H and O–H groups in total. The van der Waals surface area contributed by atoms with Crippen LogP contribution in [-0.4, -0.2) is 38.8 Å². The van der Waals surface area contributed by atoms with Crippen LogP contribution in [-0.2, 0) is 0 Å². The van der Waals surface area contributed by atoms with Gasteiger partial charge in [0.15, 0.2) is 0 Å². The van der Waals surface area contributed by atoms with Gasteiger partial charge < -0.3 is 15.5 Å². The minimum absolute atomic E-state index is 0.0864. The molecule has 0 saturated heterocycles. The SMILES string of the molecule is Cc1nc(NCC(O)CC(C)C)ncc1C(=O)O. The van der Waals surface area contributed by atoms with Crippen LogP contribution in [0.2, 0.25) is 0 Å². The first-order valence-corrected chi connectivity index (χ1v) is 5.89. The van der Waals surface area contributed by atoms with Crippen LogP contribution in [0.4, 0.5) is 5.95 Å². The van der Waals surface area contributed by atoms with Gasteiger partial charge in [-0.2, -0.15) is 0 Å². The molecule has 6 heteroatoms. The number of nitrogens with zero attached hydrogens (tertiary/aromatic N) is 2. The van der Waals surface area contributed by atoms with E-state index in [1.807, 2.05) is 13.8 Å². The molecule has 0 fully saturated rings. The number of hydrogen-bond acceptors (Lipinski definition) is 5. The van der Waals surface area contributed by atoms with E-state index in [-0.39, 0.29) is 5.56 Å². The summed E-state index contributed by atoms with van der Waals surface area (Å²) >= 11 is 0. The average molecular weight is 253 g/mol. The molecular formula is C12H19N3O3. The van der Waals surface area contributed by atoms with E-state index in [0.29, 0.717) is 30.5 Å². The smallest absolute Gasteiger partial charge is 0.339 e. The molecule has 1 aromatic heterocycles. The van der Waals surface area contributed by atoms with E-state index in [0.717, 1.165) is 0 Å². The van der Waals surface area contributed by atoms with Crippen LogP contribution >= 0.6 is 0 Å². The van der Waals surface area contributed by atoms with Crippen molar-refractivity contribution in [2.75, 3.05) is 11.9 Å². The first-order chi connectivity index (χ1) is 8.40. The van der Waals surface area contributed by atoms with E-state index >= 15 is 0 Å². The Balaban J connectivity index is 2.58. The van der Waals surface area contributed by atoms with E-state index in [4.69, 9.17) is 5.11 Å². The second-order valence-corrected chi connectivity index (χ2v) is 4.66. The molecule has 0 aromatic carbocycles. The number of carboxylic acids is 1. The summed E-state index contributed by atoms with van der Waals surface area (Å²) in [7, 11) is 0. The lowest BCUT2D eigenvalue weighted by Gasteiger charge is -2.14. The van der Waals surface area contributed by atoms with Crippen molar-refractivity contribution in [2.45, 2.75) is 33.3 Å². The number of aliphatic hydroxyl groups is 1. The lowest BCUT2D eigenvalue weighted by Crippen LogP contribution is -2.22. The number of anilines is 1. The Kier molecular flexibility index (Phi) is 5.03. The summed E-state index contributed by atoms with van der Waals surface area (Å²) in [5.74, 6) is -0.293. The lowest BCUT2D eigenvalue weighted by atomic mass is 10.1. The average Bonchev–Trinajstić information content (AvgIpc) is 2.25. The highest BCUT2D eigenvalue weighted by atomic mass is 16.4. The first kappa shape index (κ1) is 14.4. The Morgan fingerprint density at radius 2 is 2.17 bits per heavy atom. The van der Waals surface area contributed by atoms with Gasteiger partial charge in [0.25, 0.3) is 0 Å². The molecule has 0 aliphatic rings. The van der Waals surface area contributed by atoms with Gasteiger partial charge in [-0.15, -0.1) is 0 Å². The highest BCUT2D eigenvalue weighted by molar-refractivity contribution is 5.88. The summed E-state index contributed by atoms with van der Waals surface area (Å²) in [5.41, 5.74) is 0.488. The second-order valence-electron chi connectivity index (χ2n) is 4.66. The van der Waals surface area contributed by atoms with Crippen molar-refractivity contribution in [1.29, 1.82) is 0 Å². The van der Waals surface area contributed by atoms with Crippen LogP contribution < -0.4 is 5.32 Å². The fourth-order valence-electron chi connectivity index (χ4n) is 1.60. The van der Waals surface area contributed by atoms with Gasteiger partial charge in [0, 0.05) is 12.7 Å². The highest BCUT2D eigenvalue weighted by Gasteiger charge is 2.11. The van der Waals surface area contributed by atoms with E-state index in [1.54, 1.807) is 6.92 Å². The maximum atomic E-state index is 10.8. The summed E-state index contributed by atoms with van der Waals surface area (Å²) in [6.07, 6.45) is 1.49. The normalized spacial score (nSPS) is 12.5. The lowest BCUT2D eigenvalue weighted by molar-refractivity contribution is 0.0695. The number of aliphatic hydroxyl groups excluding tert-OH is 1. The molecule has 0 aliphatic carbocycles. The molecule has 100 valence electrons. The van der Waals surface area contributed by atoms with Crippen molar-refractivity contribution in [1.82, 2.24) is 9.97 Å². The van der Waals surface area contributed by atoms with Crippen molar-refractivity contribution in [3.63, 3.8) is 0 Å². The molecule has 1 atom stereocenters. The number of nitrogens with one attached hydrogen (secondary N) is 1. The fourth-order valence-corrected chi connectivity index (χ4v) is 1.60. The van der Waals surface area contributed by atoms with E-state index in [9.17, 15) is 9.90 Å². The second kappa shape index (κ2) is 6.30. The third kappa shape index (κ3) is 4.29. The largest absolute Gasteiger partial charge is 0.478 e. The van der Waals surface area contributed by atoms with Crippen LogP contribution in [0.5, 0.6) is 0 Å². The van der Waals surface area contributed by atoms with Gasteiger partial charge in [0.2, 0.25) is 5.95 Å². The van der Waals surface area contributed by atoms with Gasteiger partial charge in [0.05, 0.1) is 17.4 Å². The first-order valence-electron chi connectivity index (χ1n) is 5.89. The predicted octanol–water partition coefficient (Wildman–Crippen LogP) is 1.30. The topological polar surface area (TPSA) is 95.3 Å². The minimum atomic E-state index is -1.04. The Bertz CT molecular complexity index is 421. The Morgan fingerprint density at radius 1 is 1.50 bits per heavy atom. The molecule has 0 spiro atoms. The number of aromatic nitrogens is 2. The van der Waals surface area contributed by atoms with Crippen molar-refractivity contribution in [2.24, 2.45) is 5.92 Å². The molecule has 18 heavy (non-hydrogen) atoms. The quantitative estimate of drug-likeness (QED) is 0.707. The highest BCUT2D eigenvalue weighted by Crippen LogP contribution is 2.08. The summed E-state index contributed by atoms with van der Waals surface area (Å²) in [4.78, 5) is 18.7. The Hall–Kier alpha value is -1.69. The standard InChI is InChI=1S/C12H19N3O3/c1-7(2)4-9(16)5-13-12-14-6-10(11(17)18)8(3)15-12/h6-7,9,16H,4-5H2,1-3H3,(H,17,18)(H,13,14,15). The van der Waals surface area contributed by atoms with E-state index in [1.165, 1.54) is 6.20 Å². The van der Waals surface area contributed by atoms with Crippen molar-refractivity contribution >= 4 is 11.9 Å². The molecule has 1 heterocycles. The third-order valence-electron chi connectivity index (χ3n) is 2.45. The molecule has 0 aliphatic heterocycles. The Labute approximate surface area is 106 Å². The summed E-state index contributed by atoms with van der Waals surface area (Å²) < 4.78 is 0. The molecule has 0 saturated carbocycles. The molecule has 0 bridgehead atoms. The van der Waals surface area contributed by atoms with Gasteiger partial charge in [-0.05, 0) is 19.3 Å². The van der Waals surface area contributed by atoms with Gasteiger partial charge >= 0.3 is 5.97 Å². The molecule has 6 nitrogen and oxygen atoms in total. The maximum Gasteiger partial charge on any atom is 0.339 e. The molecule has 0 amide bonds. The molecule has 1 aromatic rings. The minimum Gasteiger partial charge on any atom is -0.478 e. The van der Waals surface area contributed by atoms with E-state index in [2.05, 4.69) is 15.3 Å². The molecular weight excluding hydrogens is 234 g/mol. The molecule has 1 rings (SSSR count). The number of carbonyl (C=O) groups is 1. The zero-order valence-electron chi connectivity index (χ0n) is 10.8. The van der Waals surface area contributed by atoms with Crippen LogP contribution in [0.1, 0.15) is 36.3 Å². The maximum absolute atomic E-state index is 10.8. The van der Waals surface area contributed by atoms with Crippen molar-refractivity contribution in [3.8, 4) is 0 Å². The summed E-state index contributed by atoms with van der Waals surface area (Å²) in [6.45, 7) is 6.03. The van der Waals surface area contributed by atoms with Gasteiger partial charge in [-0.1, -0.05) is 13.8 Å². The number of carboxylic acid groups (broad SMARTS) is 1. The van der Waals surface area contributed by atoms with Gasteiger partial charge in [-0.25, -0.2) is 14.8 Å². The zero-order chi connectivity index (χ0) is 13.7. The zero-order valence-corrected chi connectivity index (χ0v) is 10.8. The Morgan fingerprint density at radius 3 is 2.67 bits per heavy atom. The van der Waals surface area contributed by atoms with Crippen LogP contribution in [0, 0.1) is 12.8 Å². The van der Waals surface area contributed by atoms with Crippen LogP contribution in [0.3, 0.4) is 0 Å². The summed E-state index contributed by atoms with van der Waals surface area (Å²) in [5, 5.41) is 21.4. The van der Waals surface area contributed by atoms with Gasteiger partial charge in [0.1, 0.15) is 0 Å². The van der Waals surface area contributed by atoms with Crippen molar-refractivity contribution < 1.29 is 15.0 Å². The van der Waals surface area contributed by atoms with Crippen molar-refractivity contribution in [3.05, 3.63) is 17.5 Å². The monoisotopic (exact) mass is 253 g/mol. The molecule has 0 radical (unpaired) electrons. The summed E-state index contributed by atoms with van der Waals surface area (Å²) in [6, 6.07) is 0.